The lowest BCUT2D eigenvalue weighted by Gasteiger charge is -2.13. The minimum absolute atomic E-state index is 0.232. The van der Waals surface area contributed by atoms with E-state index in [1.165, 1.54) is 0 Å². The Kier molecular flexibility index (Phi) is 7.27. The number of aromatic nitrogens is 1. The Labute approximate surface area is 177 Å². The van der Waals surface area contributed by atoms with Crippen molar-refractivity contribution in [3.63, 3.8) is 0 Å². The SMILES string of the molecule is CCCCOc1ccccc1Oc1ccc(CNC(=O)c2ccc(C)nc2N)cc1. The molecule has 1 heterocycles. The molecular weight excluding hydrogens is 378 g/mol. The molecule has 156 valence electrons. The molecule has 0 saturated carbocycles. The molecule has 0 saturated heterocycles. The number of aryl methyl sites for hydroxylation is 1. The van der Waals surface area contributed by atoms with Crippen LogP contribution in [0.4, 0.5) is 5.82 Å². The Bertz CT molecular complexity index is 987. The molecule has 3 N–H and O–H groups in total. The van der Waals surface area contributed by atoms with Crippen LogP contribution in [-0.2, 0) is 6.54 Å². The molecule has 3 rings (SSSR count). The summed E-state index contributed by atoms with van der Waals surface area (Å²) in [6.07, 6.45) is 2.08. The Morgan fingerprint density at radius 1 is 1.03 bits per heavy atom. The van der Waals surface area contributed by atoms with Crippen molar-refractivity contribution in [2.75, 3.05) is 12.3 Å². The number of anilines is 1. The van der Waals surface area contributed by atoms with E-state index in [9.17, 15) is 4.79 Å². The van der Waals surface area contributed by atoms with E-state index >= 15 is 0 Å². The van der Waals surface area contributed by atoms with Crippen LogP contribution in [0.15, 0.2) is 60.7 Å². The number of ether oxygens (including phenoxy) is 2. The molecule has 0 atom stereocenters. The lowest BCUT2D eigenvalue weighted by atomic mass is 10.2. The van der Waals surface area contributed by atoms with E-state index in [0.29, 0.717) is 30.2 Å². The third kappa shape index (κ3) is 5.73. The molecule has 0 aliphatic heterocycles. The van der Waals surface area contributed by atoms with Crippen molar-refractivity contribution in [2.45, 2.75) is 33.2 Å². The van der Waals surface area contributed by atoms with E-state index in [4.69, 9.17) is 15.2 Å². The highest BCUT2D eigenvalue weighted by atomic mass is 16.5. The zero-order chi connectivity index (χ0) is 21.3. The lowest BCUT2D eigenvalue weighted by Crippen LogP contribution is -2.24. The third-order valence-corrected chi connectivity index (χ3v) is 4.52. The van der Waals surface area contributed by atoms with Crippen LogP contribution in [0.1, 0.15) is 41.4 Å². The number of hydrogen-bond donors (Lipinski definition) is 2. The van der Waals surface area contributed by atoms with Gasteiger partial charge in [0.2, 0.25) is 0 Å². The standard InChI is InChI=1S/C24H27N3O3/c1-3-4-15-29-21-7-5-6-8-22(21)30-19-12-10-18(11-13-19)16-26-24(28)20-14-9-17(2)27-23(20)25/h5-14H,3-4,15-16H2,1-2H3,(H2,25,27)(H,26,28). The van der Waals surface area contributed by atoms with Gasteiger partial charge < -0.3 is 20.5 Å². The first-order chi connectivity index (χ1) is 14.6. The number of carbonyl (C=O) groups excluding carboxylic acids is 1. The molecule has 0 fully saturated rings. The fourth-order valence-electron chi connectivity index (χ4n) is 2.83. The summed E-state index contributed by atoms with van der Waals surface area (Å²) in [7, 11) is 0. The van der Waals surface area contributed by atoms with Crippen molar-refractivity contribution in [2.24, 2.45) is 0 Å². The smallest absolute Gasteiger partial charge is 0.255 e. The number of nitrogen functional groups attached to an aromatic ring is 1. The maximum atomic E-state index is 12.3. The third-order valence-electron chi connectivity index (χ3n) is 4.52. The van der Waals surface area contributed by atoms with Gasteiger partial charge in [0.15, 0.2) is 11.5 Å². The first kappa shape index (κ1) is 21.2. The summed E-state index contributed by atoms with van der Waals surface area (Å²) in [5.41, 5.74) is 7.93. The summed E-state index contributed by atoms with van der Waals surface area (Å²) in [5, 5.41) is 2.86. The topological polar surface area (TPSA) is 86.5 Å². The molecule has 0 bridgehead atoms. The zero-order valence-electron chi connectivity index (χ0n) is 17.4. The lowest BCUT2D eigenvalue weighted by molar-refractivity contribution is 0.0951. The first-order valence-electron chi connectivity index (χ1n) is 10.1. The van der Waals surface area contributed by atoms with Crippen molar-refractivity contribution >= 4 is 11.7 Å². The van der Waals surface area contributed by atoms with Gasteiger partial charge >= 0.3 is 0 Å². The molecule has 1 amide bonds. The number of unbranched alkanes of at least 4 members (excludes halogenated alkanes) is 1. The van der Waals surface area contributed by atoms with E-state index in [0.717, 1.165) is 29.8 Å². The second kappa shape index (κ2) is 10.3. The number of rotatable bonds is 9. The maximum Gasteiger partial charge on any atom is 0.255 e. The molecule has 1 aromatic heterocycles. The number of nitrogens with two attached hydrogens (primary N) is 1. The number of benzene rings is 2. The van der Waals surface area contributed by atoms with Crippen LogP contribution in [0.3, 0.4) is 0 Å². The Balaban J connectivity index is 1.58. The summed E-state index contributed by atoms with van der Waals surface area (Å²) in [6.45, 7) is 5.00. The molecule has 30 heavy (non-hydrogen) atoms. The summed E-state index contributed by atoms with van der Waals surface area (Å²) in [4.78, 5) is 16.5. The number of para-hydroxylation sites is 2. The van der Waals surface area contributed by atoms with Crippen molar-refractivity contribution in [1.29, 1.82) is 0 Å². The summed E-state index contributed by atoms with van der Waals surface area (Å²) < 4.78 is 11.8. The molecule has 0 spiro atoms. The van der Waals surface area contributed by atoms with E-state index in [2.05, 4.69) is 17.2 Å². The number of nitrogens with one attached hydrogen (secondary N) is 1. The van der Waals surface area contributed by atoms with Crippen LogP contribution in [0.2, 0.25) is 0 Å². The molecule has 6 nitrogen and oxygen atoms in total. The van der Waals surface area contributed by atoms with Crippen LogP contribution >= 0.6 is 0 Å². The molecule has 2 aromatic carbocycles. The van der Waals surface area contributed by atoms with Crippen LogP contribution in [-0.4, -0.2) is 17.5 Å². The molecule has 0 aliphatic rings. The van der Waals surface area contributed by atoms with Gasteiger partial charge in [0.25, 0.3) is 5.91 Å². The Morgan fingerprint density at radius 3 is 2.47 bits per heavy atom. The number of hydrogen-bond acceptors (Lipinski definition) is 5. The summed E-state index contributed by atoms with van der Waals surface area (Å²) in [5.74, 6) is 2.08. The van der Waals surface area contributed by atoms with Crippen molar-refractivity contribution in [3.05, 3.63) is 77.5 Å². The molecule has 0 aliphatic carbocycles. The molecular formula is C24H27N3O3. The highest BCUT2D eigenvalue weighted by Gasteiger charge is 2.11. The van der Waals surface area contributed by atoms with Crippen molar-refractivity contribution < 1.29 is 14.3 Å². The number of nitrogens with zero attached hydrogens (tertiary/aromatic N) is 1. The van der Waals surface area contributed by atoms with E-state index in [1.54, 1.807) is 12.1 Å². The molecule has 3 aromatic rings. The van der Waals surface area contributed by atoms with Crippen LogP contribution in [0.25, 0.3) is 0 Å². The normalized spacial score (nSPS) is 10.5. The fourth-order valence-corrected chi connectivity index (χ4v) is 2.83. The van der Waals surface area contributed by atoms with E-state index in [1.807, 2.05) is 55.5 Å². The molecule has 0 radical (unpaired) electrons. The summed E-state index contributed by atoms with van der Waals surface area (Å²) in [6, 6.07) is 18.6. The van der Waals surface area contributed by atoms with Gasteiger partial charge in [-0.3, -0.25) is 4.79 Å². The van der Waals surface area contributed by atoms with Gasteiger partial charge in [0, 0.05) is 12.2 Å². The molecule has 0 unspecified atom stereocenters. The summed E-state index contributed by atoms with van der Waals surface area (Å²) >= 11 is 0. The highest BCUT2D eigenvalue weighted by Crippen LogP contribution is 2.31. The van der Waals surface area contributed by atoms with Gasteiger partial charge in [-0.15, -0.1) is 0 Å². The van der Waals surface area contributed by atoms with Gasteiger partial charge in [-0.25, -0.2) is 4.98 Å². The Hall–Kier alpha value is -3.54. The van der Waals surface area contributed by atoms with Gasteiger partial charge in [0.05, 0.1) is 12.2 Å². The van der Waals surface area contributed by atoms with Gasteiger partial charge in [-0.1, -0.05) is 37.6 Å². The van der Waals surface area contributed by atoms with Crippen molar-refractivity contribution in [3.8, 4) is 17.2 Å². The Morgan fingerprint density at radius 2 is 1.77 bits per heavy atom. The van der Waals surface area contributed by atoms with Crippen LogP contribution in [0, 0.1) is 6.92 Å². The zero-order valence-corrected chi connectivity index (χ0v) is 17.4. The van der Waals surface area contributed by atoms with E-state index < -0.39 is 0 Å². The van der Waals surface area contributed by atoms with Gasteiger partial charge in [-0.2, -0.15) is 0 Å². The van der Waals surface area contributed by atoms with Crippen molar-refractivity contribution in [1.82, 2.24) is 10.3 Å². The van der Waals surface area contributed by atoms with Gasteiger partial charge in [0.1, 0.15) is 11.6 Å². The highest BCUT2D eigenvalue weighted by molar-refractivity contribution is 5.98. The predicted octanol–water partition coefficient (Wildman–Crippen LogP) is 4.87. The van der Waals surface area contributed by atoms with Crippen LogP contribution < -0.4 is 20.5 Å². The minimum atomic E-state index is -0.251. The first-order valence-corrected chi connectivity index (χ1v) is 10.1. The predicted molar refractivity (Wildman–Crippen MR) is 118 cm³/mol. The molecule has 6 heteroatoms. The number of amides is 1. The monoisotopic (exact) mass is 405 g/mol. The number of carbonyl (C=O) groups is 1. The largest absolute Gasteiger partial charge is 0.490 e. The fraction of sp³-hybridized carbons (Fsp3) is 0.250. The second-order valence-electron chi connectivity index (χ2n) is 6.96. The van der Waals surface area contributed by atoms with Gasteiger partial charge in [-0.05, 0) is 55.3 Å². The average molecular weight is 405 g/mol. The number of pyridine rings is 1. The maximum absolute atomic E-state index is 12.3. The minimum Gasteiger partial charge on any atom is -0.490 e. The van der Waals surface area contributed by atoms with Crippen LogP contribution in [0.5, 0.6) is 17.2 Å². The second-order valence-corrected chi connectivity index (χ2v) is 6.96. The quantitative estimate of drug-likeness (QED) is 0.496. The average Bonchev–Trinajstić information content (AvgIpc) is 2.74. The van der Waals surface area contributed by atoms with E-state index in [-0.39, 0.29) is 11.7 Å².